The second kappa shape index (κ2) is 7.71. The van der Waals surface area contributed by atoms with Gasteiger partial charge < -0.3 is 9.90 Å². The Morgan fingerprint density at radius 3 is 2.48 bits per heavy atom. The van der Waals surface area contributed by atoms with Crippen LogP contribution in [0, 0.1) is 12.3 Å². The van der Waals surface area contributed by atoms with Gasteiger partial charge in [0.1, 0.15) is 12.3 Å². The van der Waals surface area contributed by atoms with Crippen molar-refractivity contribution in [2.75, 3.05) is 13.1 Å². The number of carbonyl (C=O) groups is 3. The molecule has 128 valence electrons. The number of rotatable bonds is 1. The molecule has 0 aromatic carbocycles. The third-order valence-corrected chi connectivity index (χ3v) is 3.46. The van der Waals surface area contributed by atoms with Gasteiger partial charge in [-0.05, 0) is 12.8 Å². The first-order valence-corrected chi connectivity index (χ1v) is 6.63. The van der Waals surface area contributed by atoms with Crippen LogP contribution in [-0.2, 0) is 9.74 Å². The van der Waals surface area contributed by atoms with Crippen LogP contribution in [0.4, 0.5) is 22.9 Å². The molecule has 2 rings (SSSR count). The predicted molar refractivity (Wildman–Crippen MR) is 70.3 cm³/mol. The molecule has 2 fully saturated rings. The number of aldehydes is 1. The Morgan fingerprint density at radius 1 is 1.39 bits per heavy atom. The summed E-state index contributed by atoms with van der Waals surface area (Å²) in [5.74, 6) is -0.961. The van der Waals surface area contributed by atoms with Crippen LogP contribution in [0.3, 0.4) is 0 Å². The Kier molecular flexibility index (Phi) is 6.24. The lowest BCUT2D eigenvalue weighted by molar-refractivity contribution is -0.114. The van der Waals surface area contributed by atoms with E-state index < -0.39 is 43.2 Å². The van der Waals surface area contributed by atoms with E-state index in [1.165, 1.54) is 0 Å². The first-order valence-electron chi connectivity index (χ1n) is 6.63. The van der Waals surface area contributed by atoms with Gasteiger partial charge in [0.05, 0.1) is 12.6 Å². The van der Waals surface area contributed by atoms with Crippen LogP contribution in [0.15, 0.2) is 0 Å². The SMILES string of the molecule is C#C[C@H]1CC(F)(F)CN1C(=O)O.O=CC1CCCN1C(=O)OF. The minimum absolute atomic E-state index is 0.395. The van der Waals surface area contributed by atoms with E-state index in [0.29, 0.717) is 24.2 Å². The van der Waals surface area contributed by atoms with Crippen molar-refractivity contribution in [3.05, 3.63) is 0 Å². The molecule has 0 aromatic rings. The average Bonchev–Trinajstić information content (AvgIpc) is 3.10. The zero-order valence-electron chi connectivity index (χ0n) is 12.0. The summed E-state index contributed by atoms with van der Waals surface area (Å²) < 4.78 is 36.5. The quantitative estimate of drug-likeness (QED) is 0.581. The van der Waals surface area contributed by atoms with E-state index in [-0.39, 0.29) is 0 Å². The number of hydrogen-bond donors (Lipinski definition) is 1. The van der Waals surface area contributed by atoms with Crippen molar-refractivity contribution in [1.82, 2.24) is 9.80 Å². The van der Waals surface area contributed by atoms with Gasteiger partial charge in [-0.1, -0.05) is 5.92 Å². The molecular formula is C13H15F3N2O5. The van der Waals surface area contributed by atoms with Crippen molar-refractivity contribution in [1.29, 1.82) is 0 Å². The van der Waals surface area contributed by atoms with Crippen LogP contribution in [0.5, 0.6) is 0 Å². The predicted octanol–water partition coefficient (Wildman–Crippen LogP) is 1.68. The van der Waals surface area contributed by atoms with Crippen molar-refractivity contribution >= 4 is 18.5 Å². The second-order valence-electron chi connectivity index (χ2n) is 5.04. The van der Waals surface area contributed by atoms with Crippen molar-refractivity contribution in [2.24, 2.45) is 0 Å². The van der Waals surface area contributed by atoms with Gasteiger partial charge in [-0.3, -0.25) is 9.80 Å². The molecule has 0 aromatic heterocycles. The lowest BCUT2D eigenvalue weighted by Gasteiger charge is -2.15. The normalized spacial score (nSPS) is 25.1. The molecule has 2 aliphatic rings. The topological polar surface area (TPSA) is 87.2 Å². The summed E-state index contributed by atoms with van der Waals surface area (Å²) in [6.45, 7) is -0.399. The summed E-state index contributed by atoms with van der Waals surface area (Å²) >= 11 is 0. The molecule has 0 saturated carbocycles. The molecule has 10 heteroatoms. The minimum Gasteiger partial charge on any atom is -0.465 e. The van der Waals surface area contributed by atoms with Crippen LogP contribution in [0.25, 0.3) is 0 Å². The molecular weight excluding hydrogens is 321 g/mol. The molecule has 2 aliphatic heterocycles. The fraction of sp³-hybridized carbons (Fsp3) is 0.615. The van der Waals surface area contributed by atoms with E-state index in [4.69, 9.17) is 11.5 Å². The van der Waals surface area contributed by atoms with E-state index in [2.05, 4.69) is 4.94 Å². The maximum atomic E-state index is 12.6. The molecule has 2 atom stereocenters. The van der Waals surface area contributed by atoms with E-state index >= 15 is 0 Å². The van der Waals surface area contributed by atoms with E-state index in [1.807, 2.05) is 5.92 Å². The smallest absolute Gasteiger partial charge is 0.447 e. The highest BCUT2D eigenvalue weighted by Gasteiger charge is 2.46. The highest BCUT2D eigenvalue weighted by molar-refractivity contribution is 5.73. The molecule has 0 radical (unpaired) electrons. The van der Waals surface area contributed by atoms with Gasteiger partial charge in [-0.25, -0.2) is 23.3 Å². The molecule has 1 N–H and O–H groups in total. The van der Waals surface area contributed by atoms with Crippen molar-refractivity contribution in [2.45, 2.75) is 37.3 Å². The number of carboxylic acid groups (broad SMARTS) is 1. The van der Waals surface area contributed by atoms with Crippen LogP contribution in [0.2, 0.25) is 0 Å². The Balaban J connectivity index is 0.000000231. The first kappa shape index (κ1) is 18.6. The number of likely N-dealkylation sites (tertiary alicyclic amines) is 2. The fourth-order valence-corrected chi connectivity index (χ4v) is 2.37. The van der Waals surface area contributed by atoms with Crippen LogP contribution < -0.4 is 0 Å². The molecule has 2 heterocycles. The first-order chi connectivity index (χ1) is 10.8. The molecule has 23 heavy (non-hydrogen) atoms. The van der Waals surface area contributed by atoms with Gasteiger partial charge in [-0.2, -0.15) is 0 Å². The fourth-order valence-electron chi connectivity index (χ4n) is 2.37. The summed E-state index contributed by atoms with van der Waals surface area (Å²) in [7, 11) is 0. The zero-order valence-corrected chi connectivity index (χ0v) is 12.0. The molecule has 1 unspecified atom stereocenters. The van der Waals surface area contributed by atoms with Gasteiger partial charge in [0, 0.05) is 17.5 Å². The largest absolute Gasteiger partial charge is 0.465 e. The average molecular weight is 336 g/mol. The number of alkyl halides is 2. The third kappa shape index (κ3) is 4.77. The van der Waals surface area contributed by atoms with Crippen molar-refractivity contribution in [3.63, 3.8) is 0 Å². The van der Waals surface area contributed by atoms with Gasteiger partial charge in [-0.15, -0.1) is 6.42 Å². The van der Waals surface area contributed by atoms with Crippen molar-refractivity contribution < 1.29 is 37.7 Å². The monoisotopic (exact) mass is 336 g/mol. The zero-order chi connectivity index (χ0) is 17.6. The summed E-state index contributed by atoms with van der Waals surface area (Å²) in [4.78, 5) is 35.8. The Bertz CT molecular complexity index is 508. The highest BCUT2D eigenvalue weighted by atomic mass is 19.3. The van der Waals surface area contributed by atoms with E-state index in [1.54, 1.807) is 0 Å². The van der Waals surface area contributed by atoms with Gasteiger partial charge >= 0.3 is 12.2 Å². The number of amides is 2. The van der Waals surface area contributed by atoms with Crippen LogP contribution in [-0.4, -0.2) is 64.5 Å². The Morgan fingerprint density at radius 2 is 2.04 bits per heavy atom. The minimum atomic E-state index is -2.98. The summed E-state index contributed by atoms with van der Waals surface area (Å²) in [5.41, 5.74) is 0. The lowest BCUT2D eigenvalue weighted by atomic mass is 10.2. The molecule has 7 nitrogen and oxygen atoms in total. The molecule has 0 aliphatic carbocycles. The van der Waals surface area contributed by atoms with Crippen molar-refractivity contribution in [3.8, 4) is 12.3 Å². The second-order valence-corrected chi connectivity index (χ2v) is 5.04. The maximum absolute atomic E-state index is 12.6. The molecule has 0 spiro atoms. The Hall–Kier alpha value is -2.44. The van der Waals surface area contributed by atoms with Gasteiger partial charge in [0.15, 0.2) is 0 Å². The van der Waals surface area contributed by atoms with Crippen LogP contribution >= 0.6 is 0 Å². The number of terminal acetylenes is 1. The summed E-state index contributed by atoms with van der Waals surface area (Å²) in [5, 5.41) is 8.44. The lowest BCUT2D eigenvalue weighted by Crippen LogP contribution is -2.35. The van der Waals surface area contributed by atoms with E-state index in [9.17, 15) is 27.7 Å². The molecule has 2 amide bonds. The van der Waals surface area contributed by atoms with Crippen LogP contribution in [0.1, 0.15) is 19.3 Å². The number of carbonyl (C=O) groups excluding carboxylic acids is 2. The Labute approximate surface area is 129 Å². The van der Waals surface area contributed by atoms with Gasteiger partial charge in [0.25, 0.3) is 5.92 Å². The number of hydrogen-bond acceptors (Lipinski definition) is 4. The summed E-state index contributed by atoms with van der Waals surface area (Å²) in [6.07, 6.45) is 3.80. The number of halogens is 3. The van der Waals surface area contributed by atoms with Gasteiger partial charge in [0.2, 0.25) is 0 Å². The third-order valence-electron chi connectivity index (χ3n) is 3.46. The molecule has 0 bridgehead atoms. The standard InChI is InChI=1S/C7H7F2NO2.C6H8FNO3/c1-2-5-3-7(8,9)4-10(5)6(11)12;7-11-6(10)8-3-1-2-5(8)4-9/h1,5H,3-4H2,(H,11,12);4-5H,1-3H2/t5-;/m0./s1. The maximum Gasteiger partial charge on any atom is 0.447 e. The summed E-state index contributed by atoms with van der Waals surface area (Å²) in [6, 6.07) is -1.49. The highest BCUT2D eigenvalue weighted by Crippen LogP contribution is 2.31. The van der Waals surface area contributed by atoms with E-state index in [0.717, 1.165) is 11.3 Å². The molecule has 2 saturated heterocycles. The number of nitrogens with zero attached hydrogens (tertiary/aromatic N) is 2.